The number of rotatable bonds is 5. The molecule has 144 valence electrons. The van der Waals surface area contributed by atoms with Crippen molar-refractivity contribution in [3.05, 3.63) is 71.4 Å². The molecule has 5 nitrogen and oxygen atoms in total. The van der Waals surface area contributed by atoms with Crippen molar-refractivity contribution in [1.82, 2.24) is 4.90 Å². The van der Waals surface area contributed by atoms with Crippen LogP contribution in [0.3, 0.4) is 0 Å². The monoisotopic (exact) mass is 374 g/mol. The third-order valence-electron chi connectivity index (χ3n) is 5.20. The Morgan fingerprint density at radius 2 is 1.96 bits per heavy atom. The van der Waals surface area contributed by atoms with E-state index < -0.39 is 0 Å². The lowest BCUT2D eigenvalue weighted by Gasteiger charge is -2.32. The Balaban J connectivity index is 1.57. The Bertz CT molecular complexity index is 891. The number of amides is 1. The molecule has 1 aliphatic rings. The van der Waals surface area contributed by atoms with Crippen molar-refractivity contribution in [3.63, 3.8) is 0 Å². The number of anilines is 2. The minimum atomic E-state index is -0.223. The summed E-state index contributed by atoms with van der Waals surface area (Å²) in [6.45, 7) is 3.33. The average Bonchev–Trinajstić information content (AvgIpc) is 2.71. The van der Waals surface area contributed by atoms with Crippen LogP contribution in [0.5, 0.6) is 0 Å². The number of piperidine rings is 1. The number of nitrogens with zero attached hydrogens (tertiary/aromatic N) is 2. The Morgan fingerprint density at radius 3 is 2.61 bits per heavy atom. The van der Waals surface area contributed by atoms with E-state index in [4.69, 9.17) is 5.73 Å². The Labute approximate surface area is 166 Å². The smallest absolute Gasteiger partial charge is 0.266 e. The van der Waals surface area contributed by atoms with E-state index in [1.807, 2.05) is 37.3 Å². The van der Waals surface area contributed by atoms with E-state index in [9.17, 15) is 10.1 Å². The molecule has 0 bridgehead atoms. The number of nitrogens with one attached hydrogen (secondary N) is 1. The molecule has 1 aliphatic heterocycles. The molecule has 2 aromatic carbocycles. The lowest BCUT2D eigenvalue weighted by molar-refractivity contribution is -0.128. The highest BCUT2D eigenvalue weighted by molar-refractivity contribution is 5.97. The number of carbonyl (C=O) groups excluding carboxylic acids is 1. The van der Waals surface area contributed by atoms with Gasteiger partial charge in [0.05, 0.1) is 11.4 Å². The van der Waals surface area contributed by atoms with Gasteiger partial charge in [0.25, 0.3) is 5.91 Å². The predicted octanol–water partition coefficient (Wildman–Crippen LogP) is 3.88. The third-order valence-corrected chi connectivity index (χ3v) is 5.20. The molecule has 3 N–H and O–H groups in total. The fourth-order valence-electron chi connectivity index (χ4n) is 3.56. The lowest BCUT2D eigenvalue weighted by Crippen LogP contribution is -2.39. The maximum Gasteiger partial charge on any atom is 0.266 e. The molecule has 0 unspecified atom stereocenters. The lowest BCUT2D eigenvalue weighted by atomic mass is 9.90. The van der Waals surface area contributed by atoms with Crippen LogP contribution in [-0.2, 0) is 11.2 Å². The zero-order chi connectivity index (χ0) is 19.9. The number of aryl methyl sites for hydroxylation is 1. The van der Waals surface area contributed by atoms with Gasteiger partial charge in [-0.25, -0.2) is 0 Å². The number of hydrogen-bond acceptors (Lipinski definition) is 4. The van der Waals surface area contributed by atoms with E-state index in [0.717, 1.165) is 24.8 Å². The van der Waals surface area contributed by atoms with Crippen LogP contribution in [0.15, 0.2) is 60.3 Å². The molecule has 1 heterocycles. The van der Waals surface area contributed by atoms with Gasteiger partial charge in [-0.05, 0) is 55.4 Å². The average molecular weight is 374 g/mol. The van der Waals surface area contributed by atoms with E-state index in [1.165, 1.54) is 11.8 Å². The van der Waals surface area contributed by atoms with Crippen molar-refractivity contribution in [2.24, 2.45) is 5.92 Å². The first-order chi connectivity index (χ1) is 13.6. The molecule has 0 radical (unpaired) electrons. The molecule has 0 spiro atoms. The molecule has 1 amide bonds. The van der Waals surface area contributed by atoms with Gasteiger partial charge in [-0.3, -0.25) is 4.79 Å². The first-order valence-corrected chi connectivity index (χ1v) is 9.63. The zero-order valence-electron chi connectivity index (χ0n) is 16.2. The number of benzene rings is 2. The second-order valence-corrected chi connectivity index (χ2v) is 7.33. The first-order valence-electron chi connectivity index (χ1n) is 9.63. The number of nitrogen functional groups attached to an aromatic ring is 1. The quantitative estimate of drug-likeness (QED) is 0.473. The second-order valence-electron chi connectivity index (χ2n) is 7.33. The van der Waals surface area contributed by atoms with E-state index in [0.29, 0.717) is 30.4 Å². The van der Waals surface area contributed by atoms with Crippen molar-refractivity contribution in [1.29, 1.82) is 5.26 Å². The summed E-state index contributed by atoms with van der Waals surface area (Å²) in [7, 11) is 0. The standard InChI is InChI=1S/C23H26N4O/c1-17-7-8-22(21(25)13-17)26-16-20(15-24)23(28)27-11-9-19(10-12-27)14-18-5-3-2-4-6-18/h2-8,13,16,19,26H,9-12,14,25H2,1H3/b20-16-. The van der Waals surface area contributed by atoms with E-state index in [2.05, 4.69) is 29.6 Å². The van der Waals surface area contributed by atoms with Crippen molar-refractivity contribution in [2.45, 2.75) is 26.2 Å². The molecule has 0 atom stereocenters. The van der Waals surface area contributed by atoms with Crippen LogP contribution >= 0.6 is 0 Å². The molecule has 2 aromatic rings. The normalized spacial score (nSPS) is 15.1. The van der Waals surface area contributed by atoms with Crippen molar-refractivity contribution < 1.29 is 4.79 Å². The summed E-state index contributed by atoms with van der Waals surface area (Å²) in [5, 5.41) is 12.4. The van der Waals surface area contributed by atoms with Crippen molar-refractivity contribution in [3.8, 4) is 6.07 Å². The van der Waals surface area contributed by atoms with Gasteiger partial charge in [0.2, 0.25) is 0 Å². The van der Waals surface area contributed by atoms with E-state index in [-0.39, 0.29) is 11.5 Å². The SMILES string of the molecule is Cc1ccc(N/C=C(/C#N)C(=O)N2CCC(Cc3ccccc3)CC2)c(N)c1. The number of nitrogens with two attached hydrogens (primary N) is 1. The molecular weight excluding hydrogens is 348 g/mol. The maximum absolute atomic E-state index is 12.7. The van der Waals surface area contributed by atoms with Crippen LogP contribution in [0.2, 0.25) is 0 Å². The maximum atomic E-state index is 12.7. The summed E-state index contributed by atoms with van der Waals surface area (Å²) in [4.78, 5) is 14.5. The van der Waals surface area contributed by atoms with Crippen molar-refractivity contribution in [2.75, 3.05) is 24.1 Å². The van der Waals surface area contributed by atoms with Crippen molar-refractivity contribution >= 4 is 17.3 Å². The summed E-state index contributed by atoms with van der Waals surface area (Å²) in [6, 6.07) is 18.1. The van der Waals surface area contributed by atoms with Crippen LogP contribution in [0.4, 0.5) is 11.4 Å². The molecule has 1 fully saturated rings. The van der Waals surface area contributed by atoms with Gasteiger partial charge in [-0.15, -0.1) is 0 Å². The molecule has 0 aromatic heterocycles. The molecule has 5 heteroatoms. The largest absolute Gasteiger partial charge is 0.397 e. The van der Waals surface area contributed by atoms with Gasteiger partial charge in [-0.1, -0.05) is 36.4 Å². The first kappa shape index (κ1) is 19.5. The van der Waals surface area contributed by atoms with Crippen LogP contribution in [0.1, 0.15) is 24.0 Å². The van der Waals surface area contributed by atoms with Gasteiger partial charge < -0.3 is 16.0 Å². The highest BCUT2D eigenvalue weighted by Gasteiger charge is 2.25. The molecule has 0 aliphatic carbocycles. The number of carbonyl (C=O) groups is 1. The fourth-order valence-corrected chi connectivity index (χ4v) is 3.56. The summed E-state index contributed by atoms with van der Waals surface area (Å²) in [5.41, 5.74) is 9.74. The van der Waals surface area contributed by atoms with Crippen LogP contribution < -0.4 is 11.1 Å². The topological polar surface area (TPSA) is 82.2 Å². The molecule has 3 rings (SSSR count). The summed E-state index contributed by atoms with van der Waals surface area (Å²) in [6.07, 6.45) is 4.41. The molecule has 0 saturated carbocycles. The summed E-state index contributed by atoms with van der Waals surface area (Å²) in [5.74, 6) is 0.352. The number of hydrogen-bond donors (Lipinski definition) is 2. The van der Waals surface area contributed by atoms with E-state index in [1.54, 1.807) is 4.90 Å². The minimum absolute atomic E-state index is 0.0986. The summed E-state index contributed by atoms with van der Waals surface area (Å²) >= 11 is 0. The minimum Gasteiger partial charge on any atom is -0.397 e. The van der Waals surface area contributed by atoms with Crippen LogP contribution in [0.25, 0.3) is 0 Å². The molecule has 28 heavy (non-hydrogen) atoms. The Hall–Kier alpha value is -3.26. The Kier molecular flexibility index (Phi) is 6.33. The highest BCUT2D eigenvalue weighted by atomic mass is 16.2. The molecular formula is C23H26N4O. The predicted molar refractivity (Wildman–Crippen MR) is 112 cm³/mol. The van der Waals surface area contributed by atoms with Gasteiger partial charge in [-0.2, -0.15) is 5.26 Å². The molecule has 1 saturated heterocycles. The van der Waals surface area contributed by atoms with Gasteiger partial charge in [0, 0.05) is 19.3 Å². The number of nitriles is 1. The highest BCUT2D eigenvalue weighted by Crippen LogP contribution is 2.23. The third kappa shape index (κ3) is 4.92. The van der Waals surface area contributed by atoms with Crippen LogP contribution in [0, 0.1) is 24.2 Å². The Morgan fingerprint density at radius 1 is 1.25 bits per heavy atom. The van der Waals surface area contributed by atoms with Crippen LogP contribution in [-0.4, -0.2) is 23.9 Å². The number of likely N-dealkylation sites (tertiary alicyclic amines) is 1. The zero-order valence-corrected chi connectivity index (χ0v) is 16.2. The summed E-state index contributed by atoms with van der Waals surface area (Å²) < 4.78 is 0. The second kappa shape index (κ2) is 9.09. The van der Waals surface area contributed by atoms with E-state index >= 15 is 0 Å². The van der Waals surface area contributed by atoms with Gasteiger partial charge >= 0.3 is 0 Å². The van der Waals surface area contributed by atoms with Gasteiger partial charge in [0.1, 0.15) is 11.6 Å². The van der Waals surface area contributed by atoms with Gasteiger partial charge in [0.15, 0.2) is 0 Å². The fraction of sp³-hybridized carbons (Fsp3) is 0.304.